The number of nitrogens with one attached hydrogen (secondary N) is 1. The molecule has 1 aliphatic rings. The lowest BCUT2D eigenvalue weighted by Gasteiger charge is -2.09. The molecular weight excluding hydrogens is 369 g/mol. The van der Waals surface area contributed by atoms with Crippen LogP contribution < -0.4 is 10.1 Å². The van der Waals surface area contributed by atoms with Crippen LogP contribution in [0.25, 0.3) is 6.08 Å². The normalized spacial score (nSPS) is 15.7. The summed E-state index contributed by atoms with van der Waals surface area (Å²) in [4.78, 5) is 12.2. The zero-order valence-electron chi connectivity index (χ0n) is 12.2. The van der Waals surface area contributed by atoms with Crippen molar-refractivity contribution in [3.63, 3.8) is 0 Å². The standard InChI is InChI=1S/C17H11ClFNO2S2/c18-13-2-1-3-14(19)12(13)9-22-11-6-4-10(5-7-11)8-15-16(21)20-17(23)24-15/h1-8H,9H2,(H,20,21,23). The number of thioether (sulfide) groups is 1. The topological polar surface area (TPSA) is 38.3 Å². The monoisotopic (exact) mass is 379 g/mol. The van der Waals surface area contributed by atoms with Crippen molar-refractivity contribution in [2.75, 3.05) is 0 Å². The molecule has 1 amide bonds. The molecule has 1 fully saturated rings. The number of rotatable bonds is 4. The highest BCUT2D eigenvalue weighted by Gasteiger charge is 2.21. The number of carbonyl (C=O) groups excluding carboxylic acids is 1. The molecular formula is C17H11ClFNO2S2. The third-order valence-electron chi connectivity index (χ3n) is 3.26. The first-order chi connectivity index (χ1) is 11.5. The molecule has 0 atom stereocenters. The van der Waals surface area contributed by atoms with Crippen molar-refractivity contribution < 1.29 is 13.9 Å². The lowest BCUT2D eigenvalue weighted by Crippen LogP contribution is -2.17. The van der Waals surface area contributed by atoms with Gasteiger partial charge in [-0.15, -0.1) is 0 Å². The summed E-state index contributed by atoms with van der Waals surface area (Å²) in [5.41, 5.74) is 1.16. The molecule has 1 heterocycles. The summed E-state index contributed by atoms with van der Waals surface area (Å²) in [6, 6.07) is 11.6. The Kier molecular flexibility index (Phi) is 5.18. The van der Waals surface area contributed by atoms with Gasteiger partial charge in [0, 0.05) is 5.56 Å². The first-order valence-electron chi connectivity index (χ1n) is 6.93. The van der Waals surface area contributed by atoms with E-state index >= 15 is 0 Å². The molecule has 0 radical (unpaired) electrons. The zero-order chi connectivity index (χ0) is 17.1. The van der Waals surface area contributed by atoms with Crippen LogP contribution in [-0.4, -0.2) is 10.2 Å². The minimum absolute atomic E-state index is 0.0401. The van der Waals surface area contributed by atoms with E-state index in [1.54, 1.807) is 42.5 Å². The quantitative estimate of drug-likeness (QED) is 0.625. The molecule has 3 nitrogen and oxygen atoms in total. The zero-order valence-corrected chi connectivity index (χ0v) is 14.6. The van der Waals surface area contributed by atoms with Crippen LogP contribution in [0.4, 0.5) is 4.39 Å². The van der Waals surface area contributed by atoms with Crippen LogP contribution in [0.2, 0.25) is 5.02 Å². The second-order valence-corrected chi connectivity index (χ2v) is 7.04. The van der Waals surface area contributed by atoms with Gasteiger partial charge < -0.3 is 10.1 Å². The van der Waals surface area contributed by atoms with Crippen LogP contribution in [0.1, 0.15) is 11.1 Å². The van der Waals surface area contributed by atoms with E-state index in [-0.39, 0.29) is 12.5 Å². The lowest BCUT2D eigenvalue weighted by atomic mass is 10.2. The molecule has 0 aliphatic carbocycles. The molecule has 2 aromatic carbocycles. The summed E-state index contributed by atoms with van der Waals surface area (Å²) in [5, 5.41) is 2.89. The Labute approximate surface area is 152 Å². The van der Waals surface area contributed by atoms with Crippen LogP contribution in [0.3, 0.4) is 0 Å². The van der Waals surface area contributed by atoms with Crippen molar-refractivity contribution in [1.82, 2.24) is 5.32 Å². The summed E-state index contributed by atoms with van der Waals surface area (Å²) >= 11 is 12.1. The van der Waals surface area contributed by atoms with Gasteiger partial charge in [-0.1, -0.05) is 53.8 Å². The SMILES string of the molecule is O=C1NC(=S)SC1=Cc1ccc(OCc2c(F)cccc2Cl)cc1. The maximum atomic E-state index is 13.7. The van der Waals surface area contributed by atoms with E-state index in [4.69, 9.17) is 28.6 Å². The molecule has 0 unspecified atom stereocenters. The van der Waals surface area contributed by atoms with Crippen LogP contribution in [0, 0.1) is 5.82 Å². The summed E-state index contributed by atoms with van der Waals surface area (Å²) in [6.45, 7) is 0.0401. The van der Waals surface area contributed by atoms with Gasteiger partial charge in [-0.25, -0.2) is 4.39 Å². The largest absolute Gasteiger partial charge is 0.489 e. The van der Waals surface area contributed by atoms with Crippen LogP contribution in [-0.2, 0) is 11.4 Å². The molecule has 7 heteroatoms. The Morgan fingerprint density at radius 3 is 2.62 bits per heavy atom. The fourth-order valence-corrected chi connectivity index (χ4v) is 3.32. The molecule has 0 bridgehead atoms. The Hall–Kier alpha value is -1.89. The minimum Gasteiger partial charge on any atom is -0.489 e. The van der Waals surface area contributed by atoms with Gasteiger partial charge >= 0.3 is 0 Å². The predicted octanol–water partition coefficient (Wildman–Crippen LogP) is 4.55. The molecule has 1 N–H and O–H groups in total. The molecule has 1 saturated heterocycles. The van der Waals surface area contributed by atoms with Gasteiger partial charge in [-0.05, 0) is 35.9 Å². The average Bonchev–Trinajstić information content (AvgIpc) is 2.86. The van der Waals surface area contributed by atoms with Gasteiger partial charge in [-0.3, -0.25) is 4.79 Å². The second-order valence-electron chi connectivity index (χ2n) is 4.91. The summed E-state index contributed by atoms with van der Waals surface area (Å²) < 4.78 is 19.7. The molecule has 2 aromatic rings. The van der Waals surface area contributed by atoms with Crippen LogP contribution in [0.5, 0.6) is 5.75 Å². The Morgan fingerprint density at radius 2 is 2.00 bits per heavy atom. The summed E-state index contributed by atoms with van der Waals surface area (Å²) in [5.74, 6) is -0.0147. The van der Waals surface area contributed by atoms with E-state index in [0.717, 1.165) is 5.56 Å². The van der Waals surface area contributed by atoms with Crippen LogP contribution in [0.15, 0.2) is 47.4 Å². The third kappa shape index (κ3) is 3.95. The first kappa shape index (κ1) is 17.0. The van der Waals surface area contributed by atoms with Crippen molar-refractivity contribution in [3.05, 3.63) is 69.3 Å². The van der Waals surface area contributed by atoms with Gasteiger partial charge in [0.1, 0.15) is 22.5 Å². The van der Waals surface area contributed by atoms with Crippen LogP contribution >= 0.6 is 35.6 Å². The molecule has 24 heavy (non-hydrogen) atoms. The van der Waals surface area contributed by atoms with Crippen molar-refractivity contribution in [3.8, 4) is 5.75 Å². The molecule has 0 aromatic heterocycles. The molecule has 0 saturated carbocycles. The van der Waals surface area contributed by atoms with Crippen molar-refractivity contribution in [1.29, 1.82) is 0 Å². The van der Waals surface area contributed by atoms with Crippen molar-refractivity contribution >= 4 is 51.9 Å². The molecule has 0 spiro atoms. The predicted molar refractivity (Wildman–Crippen MR) is 98.5 cm³/mol. The molecule has 1 aliphatic heterocycles. The molecule has 122 valence electrons. The Bertz CT molecular complexity index is 817. The number of ether oxygens (including phenoxy) is 1. The highest BCUT2D eigenvalue weighted by Crippen LogP contribution is 2.27. The van der Waals surface area contributed by atoms with E-state index in [9.17, 15) is 9.18 Å². The number of benzene rings is 2. The number of thiocarbonyl (C=S) groups is 1. The van der Waals surface area contributed by atoms with Gasteiger partial charge in [0.15, 0.2) is 0 Å². The van der Waals surface area contributed by atoms with E-state index in [1.165, 1.54) is 17.8 Å². The first-order valence-corrected chi connectivity index (χ1v) is 8.54. The van der Waals surface area contributed by atoms with E-state index in [1.807, 2.05) is 0 Å². The van der Waals surface area contributed by atoms with E-state index in [2.05, 4.69) is 5.32 Å². The summed E-state index contributed by atoms with van der Waals surface area (Å²) in [6.07, 6.45) is 1.75. The maximum absolute atomic E-state index is 13.7. The van der Waals surface area contributed by atoms with Crippen molar-refractivity contribution in [2.45, 2.75) is 6.61 Å². The van der Waals surface area contributed by atoms with E-state index in [0.29, 0.717) is 25.6 Å². The number of hydrogen-bond donors (Lipinski definition) is 1. The second kappa shape index (κ2) is 7.34. The minimum atomic E-state index is -0.399. The highest BCUT2D eigenvalue weighted by molar-refractivity contribution is 8.26. The maximum Gasteiger partial charge on any atom is 0.263 e. The van der Waals surface area contributed by atoms with E-state index < -0.39 is 5.82 Å². The smallest absolute Gasteiger partial charge is 0.263 e. The van der Waals surface area contributed by atoms with Gasteiger partial charge in [0.05, 0.1) is 9.93 Å². The highest BCUT2D eigenvalue weighted by atomic mass is 35.5. The number of hydrogen-bond acceptors (Lipinski definition) is 4. The van der Waals surface area contributed by atoms with Gasteiger partial charge in [-0.2, -0.15) is 0 Å². The lowest BCUT2D eigenvalue weighted by molar-refractivity contribution is -0.115. The third-order valence-corrected chi connectivity index (χ3v) is 4.78. The Balaban J connectivity index is 1.68. The Morgan fingerprint density at radius 1 is 1.25 bits per heavy atom. The molecule has 3 rings (SSSR count). The fraction of sp³-hybridized carbons (Fsp3) is 0.0588. The fourth-order valence-electron chi connectivity index (χ4n) is 2.06. The number of carbonyl (C=O) groups is 1. The van der Waals surface area contributed by atoms with Gasteiger partial charge in [0.2, 0.25) is 0 Å². The summed E-state index contributed by atoms with van der Waals surface area (Å²) in [7, 11) is 0. The number of halogens is 2. The number of amides is 1. The van der Waals surface area contributed by atoms with Gasteiger partial charge in [0.25, 0.3) is 5.91 Å². The van der Waals surface area contributed by atoms with Crippen molar-refractivity contribution in [2.24, 2.45) is 0 Å². The average molecular weight is 380 g/mol.